The number of aromatic nitrogens is 4. The number of piperazine rings is 1. The number of rotatable bonds is 6. The maximum Gasteiger partial charge on any atom is 0.335 e. The molecular formula is C27H20ClN7O5. The number of hydrogen-bond acceptors (Lipinski definition) is 7. The molecule has 3 aromatic carbocycles. The maximum absolute atomic E-state index is 14.1. The van der Waals surface area contributed by atoms with Gasteiger partial charge < -0.3 is 15.3 Å². The molecule has 0 radical (unpaired) electrons. The van der Waals surface area contributed by atoms with Crippen molar-refractivity contribution in [2.75, 3.05) is 16.8 Å². The van der Waals surface area contributed by atoms with Gasteiger partial charge in [-0.05, 0) is 58.5 Å². The average Bonchev–Trinajstić information content (AvgIpc) is 3.44. The van der Waals surface area contributed by atoms with Crippen LogP contribution in [0.1, 0.15) is 27.8 Å². The van der Waals surface area contributed by atoms with Gasteiger partial charge in [0.05, 0.1) is 16.9 Å². The van der Waals surface area contributed by atoms with Crippen LogP contribution >= 0.6 is 11.6 Å². The van der Waals surface area contributed by atoms with Crippen molar-refractivity contribution in [1.82, 2.24) is 25.1 Å². The van der Waals surface area contributed by atoms with Crippen LogP contribution in [0.5, 0.6) is 0 Å². The number of halogens is 1. The van der Waals surface area contributed by atoms with Gasteiger partial charge in [0.2, 0.25) is 11.8 Å². The first-order valence-corrected chi connectivity index (χ1v) is 12.6. The van der Waals surface area contributed by atoms with Gasteiger partial charge in [-0.3, -0.25) is 19.3 Å². The number of nitrogens with zero attached hydrogens (tertiary/aromatic N) is 6. The number of carboxylic acid groups (broad SMARTS) is 1. The van der Waals surface area contributed by atoms with Crippen molar-refractivity contribution in [3.63, 3.8) is 0 Å². The Bertz CT molecular complexity index is 1660. The van der Waals surface area contributed by atoms with E-state index < -0.39 is 35.8 Å². The summed E-state index contributed by atoms with van der Waals surface area (Å²) < 4.78 is 1.39. The normalized spacial score (nSPS) is 16.6. The van der Waals surface area contributed by atoms with Crippen molar-refractivity contribution in [1.29, 1.82) is 0 Å². The van der Waals surface area contributed by atoms with Crippen LogP contribution in [-0.2, 0) is 20.8 Å². The van der Waals surface area contributed by atoms with E-state index in [2.05, 4.69) is 20.8 Å². The second kappa shape index (κ2) is 9.89. The first kappa shape index (κ1) is 25.2. The lowest BCUT2D eigenvalue weighted by Crippen LogP contribution is -2.62. The number of carbonyl (C=O) groups excluding carboxylic acids is 3. The van der Waals surface area contributed by atoms with E-state index in [-0.39, 0.29) is 24.4 Å². The standard InChI is InChI=1S/C27H20ClN7O5/c28-17-8-11-19-20(13-17)34-22(36)14-33(26(38)23(34)24-30-31-32-35(19)24)21(12-15-4-2-1-3-5-15)25(37)29-18-9-6-16(7-10-18)27(39)40/h1-11,13,21,23H,12,14H2,(H,29,37)(H,39,40). The maximum atomic E-state index is 14.1. The number of hydrogen-bond donors (Lipinski definition) is 2. The number of aromatic carboxylic acids is 1. The van der Waals surface area contributed by atoms with Crippen molar-refractivity contribution in [2.45, 2.75) is 18.5 Å². The molecule has 200 valence electrons. The highest BCUT2D eigenvalue weighted by Crippen LogP contribution is 2.41. The SMILES string of the molecule is O=C(O)c1ccc(NC(=O)C(Cc2ccccc2)N2CC(=O)N3c4cc(Cl)ccc4-n4nnnc4C3C2=O)cc1. The summed E-state index contributed by atoms with van der Waals surface area (Å²) in [6.07, 6.45) is 0.124. The zero-order valence-corrected chi connectivity index (χ0v) is 21.4. The minimum atomic E-state index is -1.21. The van der Waals surface area contributed by atoms with Crippen LogP contribution < -0.4 is 10.2 Å². The Morgan fingerprint density at radius 1 is 1.02 bits per heavy atom. The van der Waals surface area contributed by atoms with Crippen LogP contribution in [0.15, 0.2) is 72.8 Å². The molecule has 12 nitrogen and oxygen atoms in total. The molecular weight excluding hydrogens is 538 g/mol. The summed E-state index contributed by atoms with van der Waals surface area (Å²) in [4.78, 5) is 55.2. The number of carboxylic acids is 1. The quantitative estimate of drug-likeness (QED) is 0.367. The van der Waals surface area contributed by atoms with Crippen molar-refractivity contribution in [2.24, 2.45) is 0 Å². The van der Waals surface area contributed by atoms with E-state index in [9.17, 15) is 19.2 Å². The molecule has 2 aliphatic rings. The second-order valence-electron chi connectivity index (χ2n) is 9.29. The van der Waals surface area contributed by atoms with Gasteiger partial charge in [0.25, 0.3) is 5.91 Å². The van der Waals surface area contributed by atoms with E-state index >= 15 is 0 Å². The van der Waals surface area contributed by atoms with Crippen molar-refractivity contribution < 1.29 is 24.3 Å². The summed E-state index contributed by atoms with van der Waals surface area (Å²) in [6.45, 7) is -0.369. The van der Waals surface area contributed by atoms with Crippen molar-refractivity contribution in [3.8, 4) is 5.69 Å². The van der Waals surface area contributed by atoms with E-state index in [4.69, 9.17) is 16.7 Å². The molecule has 4 aromatic rings. The van der Waals surface area contributed by atoms with E-state index in [1.807, 2.05) is 30.3 Å². The van der Waals surface area contributed by atoms with Gasteiger partial charge in [-0.2, -0.15) is 4.68 Å². The first-order chi connectivity index (χ1) is 19.3. The number of tetrazole rings is 1. The largest absolute Gasteiger partial charge is 0.478 e. The number of anilines is 2. The number of nitrogens with one attached hydrogen (secondary N) is 1. The predicted octanol–water partition coefficient (Wildman–Crippen LogP) is 2.49. The van der Waals surface area contributed by atoms with E-state index in [0.29, 0.717) is 22.1 Å². The second-order valence-corrected chi connectivity index (χ2v) is 9.73. The molecule has 0 aliphatic carbocycles. The molecule has 2 unspecified atom stereocenters. The van der Waals surface area contributed by atoms with Gasteiger partial charge >= 0.3 is 5.97 Å². The average molecular weight is 558 g/mol. The molecule has 0 bridgehead atoms. The lowest BCUT2D eigenvalue weighted by atomic mass is 9.98. The van der Waals surface area contributed by atoms with Crippen LogP contribution in [0.2, 0.25) is 5.02 Å². The number of amides is 3. The molecule has 1 saturated heterocycles. The summed E-state index contributed by atoms with van der Waals surface area (Å²) in [7, 11) is 0. The minimum Gasteiger partial charge on any atom is -0.478 e. The third-order valence-electron chi connectivity index (χ3n) is 6.86. The molecule has 40 heavy (non-hydrogen) atoms. The summed E-state index contributed by atoms with van der Waals surface area (Å²) in [6, 6.07) is 17.3. The Morgan fingerprint density at radius 3 is 2.50 bits per heavy atom. The van der Waals surface area contributed by atoms with Gasteiger partial charge in [-0.1, -0.05) is 41.9 Å². The van der Waals surface area contributed by atoms with Gasteiger partial charge in [0, 0.05) is 17.1 Å². The molecule has 0 spiro atoms. The topological polar surface area (TPSA) is 151 Å². The van der Waals surface area contributed by atoms with E-state index in [1.165, 1.54) is 38.7 Å². The van der Waals surface area contributed by atoms with Gasteiger partial charge in [-0.15, -0.1) is 5.10 Å². The van der Waals surface area contributed by atoms with Crippen LogP contribution in [-0.4, -0.2) is 66.5 Å². The third kappa shape index (κ3) is 4.33. The Kier molecular flexibility index (Phi) is 6.23. The Hall–Kier alpha value is -5.10. The predicted molar refractivity (Wildman–Crippen MR) is 142 cm³/mol. The number of fused-ring (bicyclic) bond motifs is 6. The fourth-order valence-corrected chi connectivity index (χ4v) is 5.15. The van der Waals surface area contributed by atoms with Gasteiger partial charge in [0.15, 0.2) is 11.9 Å². The Balaban J connectivity index is 1.37. The molecule has 1 aromatic heterocycles. The highest BCUT2D eigenvalue weighted by atomic mass is 35.5. The molecule has 0 saturated carbocycles. The smallest absolute Gasteiger partial charge is 0.335 e. The molecule has 13 heteroatoms. The minimum absolute atomic E-state index is 0.0612. The number of benzene rings is 3. The summed E-state index contributed by atoms with van der Waals surface area (Å²) in [5.41, 5.74) is 2.07. The summed E-state index contributed by atoms with van der Waals surface area (Å²) in [5, 5.41) is 24.1. The summed E-state index contributed by atoms with van der Waals surface area (Å²) >= 11 is 6.23. The zero-order valence-electron chi connectivity index (χ0n) is 20.6. The molecule has 2 atom stereocenters. The molecule has 2 N–H and O–H groups in total. The third-order valence-corrected chi connectivity index (χ3v) is 7.10. The lowest BCUT2D eigenvalue weighted by Gasteiger charge is -2.44. The molecule has 6 rings (SSSR count). The van der Waals surface area contributed by atoms with Crippen molar-refractivity contribution >= 4 is 46.7 Å². The highest BCUT2D eigenvalue weighted by Gasteiger charge is 2.50. The van der Waals surface area contributed by atoms with Crippen LogP contribution in [0.4, 0.5) is 11.4 Å². The fourth-order valence-electron chi connectivity index (χ4n) is 4.98. The molecule has 3 amide bonds. The Morgan fingerprint density at radius 2 is 1.77 bits per heavy atom. The number of carbonyl (C=O) groups is 4. The van der Waals surface area contributed by atoms with Gasteiger partial charge in [-0.25, -0.2) is 4.79 Å². The van der Waals surface area contributed by atoms with Crippen molar-refractivity contribution in [3.05, 3.63) is 94.8 Å². The zero-order chi connectivity index (χ0) is 28.0. The van der Waals surface area contributed by atoms with E-state index in [0.717, 1.165) is 5.56 Å². The molecule has 2 aliphatic heterocycles. The summed E-state index contributed by atoms with van der Waals surface area (Å²) in [5.74, 6) is -2.46. The Labute approximate surface area is 231 Å². The van der Waals surface area contributed by atoms with Crippen LogP contribution in [0, 0.1) is 0 Å². The van der Waals surface area contributed by atoms with Crippen LogP contribution in [0.3, 0.4) is 0 Å². The monoisotopic (exact) mass is 557 g/mol. The van der Waals surface area contributed by atoms with Crippen LogP contribution in [0.25, 0.3) is 5.69 Å². The fraction of sp³-hybridized carbons (Fsp3) is 0.148. The molecule has 1 fully saturated rings. The first-order valence-electron chi connectivity index (χ1n) is 12.2. The lowest BCUT2D eigenvalue weighted by molar-refractivity contribution is -0.147. The van der Waals surface area contributed by atoms with Gasteiger partial charge in [0.1, 0.15) is 12.6 Å². The molecule has 3 heterocycles. The van der Waals surface area contributed by atoms with E-state index in [1.54, 1.807) is 18.2 Å². The highest BCUT2D eigenvalue weighted by molar-refractivity contribution is 6.31.